The Bertz CT molecular complexity index is 987. The van der Waals surface area contributed by atoms with Crippen LogP contribution in [-0.2, 0) is 20.6 Å². The molecule has 0 spiro atoms. The fourth-order valence-electron chi connectivity index (χ4n) is 3.55. The molecule has 0 radical (unpaired) electrons. The van der Waals surface area contributed by atoms with Crippen molar-refractivity contribution in [2.75, 3.05) is 18.4 Å². The SMILES string of the molecule is CC(C)c1ccc(NC(=O)C2CCCN(S(=O)(=O)Cc3c(Cl)cccc3Cl)C2)cc1. The number of hydrogen-bond donors (Lipinski definition) is 1. The number of rotatable bonds is 6. The molecule has 2 aromatic carbocycles. The minimum absolute atomic E-state index is 0.153. The van der Waals surface area contributed by atoms with Crippen molar-refractivity contribution < 1.29 is 13.2 Å². The Hall–Kier alpha value is -1.60. The van der Waals surface area contributed by atoms with E-state index < -0.39 is 15.9 Å². The highest BCUT2D eigenvalue weighted by atomic mass is 35.5. The van der Waals surface area contributed by atoms with Crippen molar-refractivity contribution in [2.24, 2.45) is 5.92 Å². The highest BCUT2D eigenvalue weighted by Gasteiger charge is 2.33. The molecule has 1 amide bonds. The fraction of sp³-hybridized carbons (Fsp3) is 0.409. The average Bonchev–Trinajstić information content (AvgIpc) is 2.71. The first-order chi connectivity index (χ1) is 14.2. The molecule has 1 saturated heterocycles. The van der Waals surface area contributed by atoms with Crippen LogP contribution in [0.1, 0.15) is 43.7 Å². The van der Waals surface area contributed by atoms with E-state index in [0.717, 1.165) is 0 Å². The van der Waals surface area contributed by atoms with Gasteiger partial charge in [0.1, 0.15) is 0 Å². The van der Waals surface area contributed by atoms with Crippen molar-refractivity contribution in [3.63, 3.8) is 0 Å². The van der Waals surface area contributed by atoms with Gasteiger partial charge in [0.05, 0.1) is 11.7 Å². The molecule has 1 atom stereocenters. The van der Waals surface area contributed by atoms with E-state index in [0.29, 0.717) is 46.6 Å². The topological polar surface area (TPSA) is 66.5 Å². The van der Waals surface area contributed by atoms with Crippen LogP contribution in [0.15, 0.2) is 42.5 Å². The molecule has 0 aromatic heterocycles. The zero-order chi connectivity index (χ0) is 21.9. The number of piperidine rings is 1. The summed E-state index contributed by atoms with van der Waals surface area (Å²) in [7, 11) is -3.65. The smallest absolute Gasteiger partial charge is 0.228 e. The Labute approximate surface area is 188 Å². The number of hydrogen-bond acceptors (Lipinski definition) is 3. The van der Waals surface area contributed by atoms with Gasteiger partial charge in [-0.1, -0.05) is 55.2 Å². The lowest BCUT2D eigenvalue weighted by molar-refractivity contribution is -0.120. The fourth-order valence-corrected chi connectivity index (χ4v) is 5.91. The van der Waals surface area contributed by atoms with Gasteiger partial charge in [0, 0.05) is 34.4 Å². The number of halogens is 2. The average molecular weight is 469 g/mol. The first-order valence-corrected chi connectivity index (χ1v) is 12.4. The van der Waals surface area contributed by atoms with Gasteiger partial charge in [-0.05, 0) is 48.6 Å². The summed E-state index contributed by atoms with van der Waals surface area (Å²) in [5, 5.41) is 3.56. The Morgan fingerprint density at radius 2 is 1.77 bits per heavy atom. The number of carbonyl (C=O) groups excluding carboxylic acids is 1. The molecule has 1 unspecified atom stereocenters. The molecule has 0 bridgehead atoms. The molecule has 0 aliphatic carbocycles. The van der Waals surface area contributed by atoms with E-state index in [2.05, 4.69) is 19.2 Å². The third-order valence-electron chi connectivity index (χ3n) is 5.38. The van der Waals surface area contributed by atoms with Gasteiger partial charge in [-0.3, -0.25) is 4.79 Å². The van der Waals surface area contributed by atoms with Crippen LogP contribution in [0.4, 0.5) is 5.69 Å². The van der Waals surface area contributed by atoms with Crippen LogP contribution in [0, 0.1) is 5.92 Å². The second-order valence-corrected chi connectivity index (χ2v) is 10.7. The highest BCUT2D eigenvalue weighted by molar-refractivity contribution is 7.88. The van der Waals surface area contributed by atoms with Gasteiger partial charge in [0.2, 0.25) is 15.9 Å². The predicted octanol–water partition coefficient (Wildman–Crippen LogP) is 5.30. The van der Waals surface area contributed by atoms with Gasteiger partial charge < -0.3 is 5.32 Å². The summed E-state index contributed by atoms with van der Waals surface area (Å²) in [4.78, 5) is 12.8. The number of nitrogens with one attached hydrogen (secondary N) is 1. The number of carbonyl (C=O) groups is 1. The molecule has 5 nitrogen and oxygen atoms in total. The second-order valence-electron chi connectivity index (χ2n) is 7.92. The maximum absolute atomic E-state index is 13.0. The minimum atomic E-state index is -3.65. The van der Waals surface area contributed by atoms with Crippen LogP contribution >= 0.6 is 23.2 Å². The maximum Gasteiger partial charge on any atom is 0.228 e. The first-order valence-electron chi connectivity index (χ1n) is 9.99. The lowest BCUT2D eigenvalue weighted by Crippen LogP contribution is -2.44. The van der Waals surface area contributed by atoms with E-state index in [1.54, 1.807) is 18.2 Å². The summed E-state index contributed by atoms with van der Waals surface area (Å²) in [6.07, 6.45) is 1.27. The number of anilines is 1. The van der Waals surface area contributed by atoms with Gasteiger partial charge >= 0.3 is 0 Å². The Morgan fingerprint density at radius 3 is 2.37 bits per heavy atom. The number of amides is 1. The third kappa shape index (κ3) is 5.55. The van der Waals surface area contributed by atoms with Crippen molar-refractivity contribution in [2.45, 2.75) is 38.4 Å². The van der Waals surface area contributed by atoms with Gasteiger partial charge in [-0.2, -0.15) is 0 Å². The van der Waals surface area contributed by atoms with Crippen LogP contribution in [0.25, 0.3) is 0 Å². The lowest BCUT2D eigenvalue weighted by atomic mass is 9.98. The molecule has 8 heteroatoms. The molecule has 3 rings (SSSR count). The van der Waals surface area contributed by atoms with Crippen molar-refractivity contribution >= 4 is 44.8 Å². The molecular formula is C22H26Cl2N2O3S. The molecule has 1 heterocycles. The zero-order valence-electron chi connectivity index (χ0n) is 17.1. The molecule has 0 saturated carbocycles. The van der Waals surface area contributed by atoms with Gasteiger partial charge in [0.25, 0.3) is 0 Å². The molecule has 2 aromatic rings. The Morgan fingerprint density at radius 1 is 1.13 bits per heavy atom. The summed E-state index contributed by atoms with van der Waals surface area (Å²) in [6.45, 7) is 4.76. The quantitative estimate of drug-likeness (QED) is 0.625. The minimum Gasteiger partial charge on any atom is -0.326 e. The van der Waals surface area contributed by atoms with Crippen LogP contribution in [0.3, 0.4) is 0 Å². The van der Waals surface area contributed by atoms with E-state index in [-0.39, 0.29) is 18.2 Å². The van der Waals surface area contributed by atoms with Crippen molar-refractivity contribution in [1.82, 2.24) is 4.31 Å². The summed E-state index contributed by atoms with van der Waals surface area (Å²) in [5.74, 6) is -0.433. The van der Waals surface area contributed by atoms with Crippen LogP contribution in [-0.4, -0.2) is 31.7 Å². The van der Waals surface area contributed by atoms with Gasteiger partial charge in [-0.15, -0.1) is 0 Å². The molecule has 1 aliphatic rings. The van der Waals surface area contributed by atoms with E-state index >= 15 is 0 Å². The Balaban J connectivity index is 1.67. The lowest BCUT2D eigenvalue weighted by Gasteiger charge is -2.31. The monoisotopic (exact) mass is 468 g/mol. The summed E-state index contributed by atoms with van der Waals surface area (Å²) in [5.41, 5.74) is 2.30. The standard InChI is InChI=1S/C22H26Cl2N2O3S/c1-15(2)16-8-10-18(11-9-16)25-22(27)17-5-4-12-26(13-17)30(28,29)14-19-20(23)6-3-7-21(19)24/h3,6-11,15,17H,4-5,12-14H2,1-2H3,(H,25,27). The number of benzene rings is 2. The molecule has 30 heavy (non-hydrogen) atoms. The number of nitrogens with zero attached hydrogens (tertiary/aromatic N) is 1. The highest BCUT2D eigenvalue weighted by Crippen LogP contribution is 2.29. The van der Waals surface area contributed by atoms with E-state index in [1.807, 2.05) is 24.3 Å². The largest absolute Gasteiger partial charge is 0.326 e. The first kappa shape index (κ1) is 23.1. The molecular weight excluding hydrogens is 443 g/mol. The molecule has 162 valence electrons. The second kappa shape index (κ2) is 9.69. The van der Waals surface area contributed by atoms with E-state index in [1.165, 1.54) is 9.87 Å². The van der Waals surface area contributed by atoms with Crippen molar-refractivity contribution in [3.8, 4) is 0 Å². The van der Waals surface area contributed by atoms with E-state index in [9.17, 15) is 13.2 Å². The third-order valence-corrected chi connectivity index (χ3v) is 7.86. The molecule has 1 aliphatic heterocycles. The predicted molar refractivity (Wildman–Crippen MR) is 123 cm³/mol. The summed E-state index contributed by atoms with van der Waals surface area (Å²) in [6, 6.07) is 12.7. The van der Waals surface area contributed by atoms with Crippen LogP contribution < -0.4 is 5.32 Å². The maximum atomic E-state index is 13.0. The Kier molecular flexibility index (Phi) is 7.45. The zero-order valence-corrected chi connectivity index (χ0v) is 19.4. The van der Waals surface area contributed by atoms with Gasteiger partial charge in [0.15, 0.2) is 0 Å². The summed E-state index contributed by atoms with van der Waals surface area (Å²) < 4.78 is 27.3. The van der Waals surface area contributed by atoms with Crippen molar-refractivity contribution in [3.05, 3.63) is 63.6 Å². The van der Waals surface area contributed by atoms with Crippen molar-refractivity contribution in [1.29, 1.82) is 0 Å². The normalized spacial score (nSPS) is 17.8. The van der Waals surface area contributed by atoms with E-state index in [4.69, 9.17) is 23.2 Å². The molecule has 1 fully saturated rings. The number of sulfonamides is 1. The summed E-state index contributed by atoms with van der Waals surface area (Å²) >= 11 is 12.3. The van der Waals surface area contributed by atoms with Gasteiger partial charge in [-0.25, -0.2) is 12.7 Å². The molecule has 1 N–H and O–H groups in total. The van der Waals surface area contributed by atoms with Crippen LogP contribution in [0.2, 0.25) is 10.0 Å². The van der Waals surface area contributed by atoms with Crippen LogP contribution in [0.5, 0.6) is 0 Å².